The van der Waals surface area contributed by atoms with Crippen LogP contribution in [0.1, 0.15) is 13.0 Å². The summed E-state index contributed by atoms with van der Waals surface area (Å²) >= 11 is 9.42. The van der Waals surface area contributed by atoms with Gasteiger partial charge in [-0.15, -0.1) is 10.2 Å². The number of para-hydroxylation sites is 1. The summed E-state index contributed by atoms with van der Waals surface area (Å²) in [5, 5.41) is 15.5. The van der Waals surface area contributed by atoms with E-state index >= 15 is 0 Å². The fourth-order valence-electron chi connectivity index (χ4n) is 2.01. The average Bonchev–Trinajstić information content (AvgIpc) is 3.07. The molecule has 1 aromatic heterocycles. The van der Waals surface area contributed by atoms with Crippen LogP contribution in [0.4, 0.5) is 5.69 Å². The molecule has 0 fully saturated rings. The summed E-state index contributed by atoms with van der Waals surface area (Å²) in [6.45, 7) is 1.69. The molecule has 0 bridgehead atoms. The molecule has 0 spiro atoms. The topological polar surface area (TPSA) is 72.7 Å². The first-order chi connectivity index (χ1) is 11.5. The van der Waals surface area contributed by atoms with Gasteiger partial charge in [0.15, 0.2) is 0 Å². The first kappa shape index (κ1) is 16.6. The summed E-state index contributed by atoms with van der Waals surface area (Å²) < 4.78 is 0.964. The molecular formula is C16H13BrClN5O. The van der Waals surface area contributed by atoms with Crippen LogP contribution < -0.4 is 5.32 Å². The predicted octanol–water partition coefficient (Wildman–Crippen LogP) is 3.96. The Morgan fingerprint density at radius 1 is 1.21 bits per heavy atom. The highest BCUT2D eigenvalue weighted by atomic mass is 79.9. The fourth-order valence-corrected chi connectivity index (χ4v) is 2.46. The van der Waals surface area contributed by atoms with E-state index in [1.54, 1.807) is 31.2 Å². The summed E-state index contributed by atoms with van der Waals surface area (Å²) in [5.41, 5.74) is 1.37. The van der Waals surface area contributed by atoms with Gasteiger partial charge in [-0.05, 0) is 48.5 Å². The van der Waals surface area contributed by atoms with Crippen molar-refractivity contribution in [2.24, 2.45) is 0 Å². The number of halogens is 2. The predicted molar refractivity (Wildman–Crippen MR) is 95.7 cm³/mol. The van der Waals surface area contributed by atoms with Gasteiger partial charge >= 0.3 is 0 Å². The largest absolute Gasteiger partial charge is 0.323 e. The van der Waals surface area contributed by atoms with Crippen molar-refractivity contribution in [3.8, 4) is 11.4 Å². The highest BCUT2D eigenvalue weighted by molar-refractivity contribution is 9.10. The molecule has 1 atom stereocenters. The number of nitrogens with zero attached hydrogens (tertiary/aromatic N) is 4. The van der Waals surface area contributed by atoms with E-state index in [9.17, 15) is 4.79 Å². The van der Waals surface area contributed by atoms with E-state index in [0.29, 0.717) is 16.5 Å². The van der Waals surface area contributed by atoms with Crippen molar-refractivity contribution < 1.29 is 4.79 Å². The first-order valence-electron chi connectivity index (χ1n) is 7.15. The molecule has 1 N–H and O–H groups in total. The van der Waals surface area contributed by atoms with Crippen LogP contribution >= 0.6 is 27.5 Å². The maximum Gasteiger partial charge on any atom is 0.250 e. The zero-order chi connectivity index (χ0) is 17.1. The Morgan fingerprint density at radius 3 is 2.62 bits per heavy atom. The molecule has 1 unspecified atom stereocenters. The normalized spacial score (nSPS) is 12.0. The number of hydrogen-bond acceptors (Lipinski definition) is 4. The zero-order valence-corrected chi connectivity index (χ0v) is 15.0. The van der Waals surface area contributed by atoms with Crippen LogP contribution in [0.3, 0.4) is 0 Å². The molecular weight excluding hydrogens is 394 g/mol. The van der Waals surface area contributed by atoms with E-state index in [4.69, 9.17) is 11.6 Å². The maximum absolute atomic E-state index is 12.4. The lowest BCUT2D eigenvalue weighted by Crippen LogP contribution is -2.25. The number of hydrogen-bond donors (Lipinski definition) is 1. The van der Waals surface area contributed by atoms with Gasteiger partial charge in [-0.2, -0.15) is 4.80 Å². The molecule has 1 amide bonds. The van der Waals surface area contributed by atoms with Crippen molar-refractivity contribution in [2.75, 3.05) is 5.32 Å². The van der Waals surface area contributed by atoms with Crippen molar-refractivity contribution in [1.29, 1.82) is 0 Å². The third-order valence-corrected chi connectivity index (χ3v) is 4.25. The molecule has 0 aliphatic carbocycles. The van der Waals surface area contributed by atoms with Crippen LogP contribution in [0, 0.1) is 0 Å². The molecule has 8 heteroatoms. The Morgan fingerprint density at radius 2 is 1.92 bits per heavy atom. The van der Waals surface area contributed by atoms with Gasteiger partial charge in [0, 0.05) is 10.0 Å². The molecule has 1 heterocycles. The van der Waals surface area contributed by atoms with Crippen LogP contribution in [-0.4, -0.2) is 26.1 Å². The SMILES string of the molecule is CC(C(=O)Nc1ccccc1Cl)n1nnc(-c2ccc(Br)cc2)n1. The number of benzene rings is 2. The van der Waals surface area contributed by atoms with Crippen LogP contribution in [0.15, 0.2) is 53.0 Å². The molecule has 3 aromatic rings. The van der Waals surface area contributed by atoms with Crippen molar-refractivity contribution in [3.63, 3.8) is 0 Å². The summed E-state index contributed by atoms with van der Waals surface area (Å²) in [6, 6.07) is 13.9. The van der Waals surface area contributed by atoms with Gasteiger partial charge in [-0.3, -0.25) is 4.79 Å². The van der Waals surface area contributed by atoms with Crippen molar-refractivity contribution in [2.45, 2.75) is 13.0 Å². The smallest absolute Gasteiger partial charge is 0.250 e. The van der Waals surface area contributed by atoms with E-state index in [0.717, 1.165) is 10.0 Å². The number of anilines is 1. The van der Waals surface area contributed by atoms with E-state index in [2.05, 4.69) is 36.7 Å². The van der Waals surface area contributed by atoms with E-state index < -0.39 is 6.04 Å². The molecule has 0 radical (unpaired) electrons. The van der Waals surface area contributed by atoms with Crippen molar-refractivity contribution >= 4 is 39.1 Å². The molecule has 0 aliphatic heterocycles. The van der Waals surface area contributed by atoms with E-state index in [1.807, 2.05) is 24.3 Å². The maximum atomic E-state index is 12.4. The molecule has 0 saturated heterocycles. The summed E-state index contributed by atoms with van der Waals surface area (Å²) in [5.74, 6) is 0.183. The lowest BCUT2D eigenvalue weighted by molar-refractivity contribution is -0.119. The second kappa shape index (κ2) is 7.11. The quantitative estimate of drug-likeness (QED) is 0.712. The van der Waals surface area contributed by atoms with Gasteiger partial charge in [0.2, 0.25) is 5.82 Å². The number of rotatable bonds is 4. The van der Waals surface area contributed by atoms with E-state index in [1.165, 1.54) is 4.80 Å². The van der Waals surface area contributed by atoms with Crippen LogP contribution in [-0.2, 0) is 4.79 Å². The summed E-state index contributed by atoms with van der Waals surface area (Å²) in [7, 11) is 0. The van der Waals surface area contributed by atoms with Gasteiger partial charge in [-0.1, -0.05) is 39.7 Å². The number of tetrazole rings is 1. The van der Waals surface area contributed by atoms with E-state index in [-0.39, 0.29) is 5.91 Å². The molecule has 6 nitrogen and oxygen atoms in total. The number of amides is 1. The minimum Gasteiger partial charge on any atom is -0.323 e. The molecule has 0 aliphatic rings. The summed E-state index contributed by atoms with van der Waals surface area (Å²) in [4.78, 5) is 13.6. The minimum absolute atomic E-state index is 0.275. The standard InChI is InChI=1S/C16H13BrClN5O/c1-10(16(24)19-14-5-3-2-4-13(14)18)23-21-15(20-22-23)11-6-8-12(17)9-7-11/h2-10H,1H3,(H,19,24). The van der Waals surface area contributed by atoms with Crippen LogP contribution in [0.25, 0.3) is 11.4 Å². The minimum atomic E-state index is -0.627. The van der Waals surface area contributed by atoms with Crippen LogP contribution in [0.2, 0.25) is 5.02 Å². The fraction of sp³-hybridized carbons (Fsp3) is 0.125. The van der Waals surface area contributed by atoms with Crippen molar-refractivity contribution in [1.82, 2.24) is 20.2 Å². The number of aromatic nitrogens is 4. The Bertz CT molecular complexity index is 865. The lowest BCUT2D eigenvalue weighted by atomic mass is 10.2. The molecule has 3 rings (SSSR count). The molecule has 2 aromatic carbocycles. The van der Waals surface area contributed by atoms with Gasteiger partial charge < -0.3 is 5.32 Å². The molecule has 24 heavy (non-hydrogen) atoms. The number of carbonyl (C=O) groups is 1. The second-order valence-electron chi connectivity index (χ2n) is 5.09. The molecule has 122 valence electrons. The third-order valence-electron chi connectivity index (χ3n) is 3.39. The Labute approximate surface area is 152 Å². The second-order valence-corrected chi connectivity index (χ2v) is 6.41. The first-order valence-corrected chi connectivity index (χ1v) is 8.32. The monoisotopic (exact) mass is 405 g/mol. The summed E-state index contributed by atoms with van der Waals surface area (Å²) in [6.07, 6.45) is 0. The number of carbonyl (C=O) groups excluding carboxylic acids is 1. The Hall–Kier alpha value is -2.25. The highest BCUT2D eigenvalue weighted by Gasteiger charge is 2.19. The van der Waals surface area contributed by atoms with Gasteiger partial charge in [0.1, 0.15) is 6.04 Å². The van der Waals surface area contributed by atoms with Crippen LogP contribution in [0.5, 0.6) is 0 Å². The zero-order valence-electron chi connectivity index (χ0n) is 12.6. The molecule has 0 saturated carbocycles. The third kappa shape index (κ3) is 3.63. The average molecular weight is 407 g/mol. The van der Waals surface area contributed by atoms with Gasteiger partial charge in [-0.25, -0.2) is 0 Å². The highest BCUT2D eigenvalue weighted by Crippen LogP contribution is 2.22. The lowest BCUT2D eigenvalue weighted by Gasteiger charge is -2.11. The number of nitrogens with one attached hydrogen (secondary N) is 1. The van der Waals surface area contributed by atoms with Gasteiger partial charge in [0.05, 0.1) is 10.7 Å². The van der Waals surface area contributed by atoms with Gasteiger partial charge in [0.25, 0.3) is 5.91 Å². The Balaban J connectivity index is 1.75. The Kier molecular flexibility index (Phi) is 4.92. The van der Waals surface area contributed by atoms with Crippen molar-refractivity contribution in [3.05, 3.63) is 58.0 Å².